The number of hydrogen-bond donors (Lipinski definition) is 0. The van der Waals surface area contributed by atoms with Crippen LogP contribution in [0, 0.1) is 6.33 Å². The predicted octanol–water partition coefficient (Wildman–Crippen LogP) is 4.26. The van der Waals surface area contributed by atoms with Crippen LogP contribution in [0.4, 0.5) is 0 Å². The van der Waals surface area contributed by atoms with Gasteiger partial charge < -0.3 is 9.13 Å². The number of nitrogens with zero attached hydrogens (tertiary/aromatic N) is 3. The van der Waals surface area contributed by atoms with Crippen molar-refractivity contribution in [1.29, 1.82) is 0 Å². The first kappa shape index (κ1) is 16.4. The molecule has 3 nitrogen and oxygen atoms in total. The van der Waals surface area contributed by atoms with Crippen molar-refractivity contribution in [3.8, 4) is 5.69 Å². The van der Waals surface area contributed by atoms with Crippen LogP contribution in [0.2, 0.25) is 0 Å². The molecule has 0 fully saturated rings. The van der Waals surface area contributed by atoms with Gasteiger partial charge in [0.15, 0.2) is 0 Å². The van der Waals surface area contributed by atoms with Crippen LogP contribution in [0.25, 0.3) is 5.69 Å². The van der Waals surface area contributed by atoms with Crippen LogP contribution in [-0.4, -0.2) is 9.55 Å². The van der Waals surface area contributed by atoms with E-state index < -0.39 is 0 Å². The highest BCUT2D eigenvalue weighted by Gasteiger charge is 2.15. The standard InChI is InChI=1S/C21H25N3/c1-16(2)19-9-7-10-20(17(3)4)21(19)24-13-12-23(15-24)14-18-8-5-6-11-22-18/h5-13,16-17H,14H2,1-4H3. The molecule has 2 aromatic heterocycles. The van der Waals surface area contributed by atoms with E-state index in [2.05, 4.69) is 78.7 Å². The maximum atomic E-state index is 4.40. The number of imidazole rings is 1. The summed E-state index contributed by atoms with van der Waals surface area (Å²) in [6.45, 7) is 9.71. The number of hydrogen-bond acceptors (Lipinski definition) is 1. The number of para-hydroxylation sites is 1. The molecule has 1 aromatic carbocycles. The Kier molecular flexibility index (Phi) is 4.79. The van der Waals surface area contributed by atoms with E-state index in [4.69, 9.17) is 0 Å². The molecule has 2 heterocycles. The van der Waals surface area contributed by atoms with Crippen molar-refractivity contribution in [2.24, 2.45) is 0 Å². The zero-order valence-electron chi connectivity index (χ0n) is 14.9. The third-order valence-corrected chi connectivity index (χ3v) is 4.27. The summed E-state index contributed by atoms with van der Waals surface area (Å²) in [5, 5.41) is 0. The first-order valence-electron chi connectivity index (χ1n) is 8.59. The van der Waals surface area contributed by atoms with Crippen LogP contribution >= 0.6 is 0 Å². The quantitative estimate of drug-likeness (QED) is 0.509. The maximum Gasteiger partial charge on any atom is 0.243 e. The third-order valence-electron chi connectivity index (χ3n) is 4.27. The molecule has 0 aliphatic heterocycles. The van der Waals surface area contributed by atoms with Gasteiger partial charge in [-0.1, -0.05) is 52.0 Å². The number of rotatable bonds is 5. The molecule has 0 N–H and O–H groups in total. The van der Waals surface area contributed by atoms with Gasteiger partial charge in [0.1, 0.15) is 6.54 Å². The molecule has 0 spiro atoms. The van der Waals surface area contributed by atoms with Crippen molar-refractivity contribution in [3.63, 3.8) is 0 Å². The summed E-state index contributed by atoms with van der Waals surface area (Å²) in [5.74, 6) is 0.942. The summed E-state index contributed by atoms with van der Waals surface area (Å²) in [5.41, 5.74) is 5.02. The molecule has 0 aliphatic rings. The highest BCUT2D eigenvalue weighted by Crippen LogP contribution is 2.27. The zero-order valence-corrected chi connectivity index (χ0v) is 14.9. The zero-order chi connectivity index (χ0) is 17.1. The summed E-state index contributed by atoms with van der Waals surface area (Å²) in [6.07, 6.45) is 9.45. The smallest absolute Gasteiger partial charge is 0.243 e. The van der Waals surface area contributed by atoms with Crippen LogP contribution in [0.5, 0.6) is 0 Å². The van der Waals surface area contributed by atoms with Gasteiger partial charge in [0.05, 0.1) is 11.4 Å². The van der Waals surface area contributed by atoms with Crippen LogP contribution in [0.3, 0.4) is 0 Å². The molecule has 0 radical (unpaired) electrons. The van der Waals surface area contributed by atoms with E-state index in [1.165, 1.54) is 16.8 Å². The summed E-state index contributed by atoms with van der Waals surface area (Å²) in [6, 6.07) is 12.6. The molecule has 24 heavy (non-hydrogen) atoms. The Morgan fingerprint density at radius 1 is 1.00 bits per heavy atom. The van der Waals surface area contributed by atoms with Gasteiger partial charge in [0, 0.05) is 18.6 Å². The van der Waals surface area contributed by atoms with Gasteiger partial charge in [0.25, 0.3) is 0 Å². The lowest BCUT2D eigenvalue weighted by atomic mass is 9.92. The second-order valence-electron chi connectivity index (χ2n) is 6.81. The molecule has 3 heteroatoms. The van der Waals surface area contributed by atoms with Gasteiger partial charge in [-0.25, -0.2) is 0 Å². The third kappa shape index (κ3) is 3.40. The van der Waals surface area contributed by atoms with Crippen molar-refractivity contribution in [2.45, 2.75) is 46.1 Å². The van der Waals surface area contributed by atoms with Gasteiger partial charge in [-0.2, -0.15) is 0 Å². The summed E-state index contributed by atoms with van der Waals surface area (Å²) in [4.78, 5) is 4.40. The highest BCUT2D eigenvalue weighted by molar-refractivity contribution is 5.45. The number of pyridine rings is 1. The van der Waals surface area contributed by atoms with Crippen molar-refractivity contribution in [3.05, 3.63) is 78.1 Å². The Morgan fingerprint density at radius 2 is 1.71 bits per heavy atom. The fraction of sp³-hybridized carbons (Fsp3) is 0.333. The van der Waals surface area contributed by atoms with Gasteiger partial charge in [-0.05, 0) is 35.1 Å². The van der Waals surface area contributed by atoms with Crippen LogP contribution in [-0.2, 0) is 6.54 Å². The van der Waals surface area contributed by atoms with Crippen LogP contribution in [0.1, 0.15) is 56.4 Å². The highest BCUT2D eigenvalue weighted by atomic mass is 15.1. The molecule has 0 unspecified atom stereocenters. The average molecular weight is 319 g/mol. The van der Waals surface area contributed by atoms with Crippen LogP contribution in [0.15, 0.2) is 55.0 Å². The van der Waals surface area contributed by atoms with E-state index in [0.29, 0.717) is 11.8 Å². The minimum atomic E-state index is 0.471. The van der Waals surface area contributed by atoms with Gasteiger partial charge in [-0.3, -0.25) is 4.98 Å². The SMILES string of the molecule is CC(C)c1cccc(C(C)C)c1-[n+]1[c-]n(Cc2ccccn2)cc1. The largest absolute Gasteiger partial charge is 0.326 e. The van der Waals surface area contributed by atoms with Crippen molar-refractivity contribution in [2.75, 3.05) is 0 Å². The van der Waals surface area contributed by atoms with Gasteiger partial charge in [-0.15, -0.1) is 0 Å². The van der Waals surface area contributed by atoms with Crippen molar-refractivity contribution in [1.82, 2.24) is 9.55 Å². The van der Waals surface area contributed by atoms with Crippen molar-refractivity contribution >= 4 is 0 Å². The predicted molar refractivity (Wildman–Crippen MR) is 96.3 cm³/mol. The minimum absolute atomic E-state index is 0.471. The van der Waals surface area contributed by atoms with Crippen LogP contribution < -0.4 is 4.57 Å². The minimum Gasteiger partial charge on any atom is -0.326 e. The van der Waals surface area contributed by atoms with E-state index in [9.17, 15) is 0 Å². The fourth-order valence-corrected chi connectivity index (χ4v) is 3.02. The maximum absolute atomic E-state index is 4.40. The Bertz CT molecular complexity index is 775. The van der Waals surface area contributed by atoms with E-state index in [1.54, 1.807) is 0 Å². The molecule has 0 bridgehead atoms. The monoisotopic (exact) mass is 319 g/mol. The Morgan fingerprint density at radius 3 is 2.29 bits per heavy atom. The van der Waals surface area contributed by atoms with E-state index in [0.717, 1.165) is 12.2 Å². The molecule has 124 valence electrons. The number of benzene rings is 1. The Balaban J connectivity index is 2.00. The lowest BCUT2D eigenvalue weighted by molar-refractivity contribution is -0.600. The van der Waals surface area contributed by atoms with E-state index >= 15 is 0 Å². The summed E-state index contributed by atoms with van der Waals surface area (Å²) in [7, 11) is 0. The topological polar surface area (TPSA) is 21.7 Å². The molecular weight excluding hydrogens is 294 g/mol. The summed E-state index contributed by atoms with van der Waals surface area (Å²) < 4.78 is 4.19. The first-order valence-corrected chi connectivity index (χ1v) is 8.59. The van der Waals surface area contributed by atoms with E-state index in [1.807, 2.05) is 24.4 Å². The molecule has 0 saturated carbocycles. The lowest BCUT2D eigenvalue weighted by Gasteiger charge is -2.20. The van der Waals surface area contributed by atoms with Gasteiger partial charge >= 0.3 is 0 Å². The fourth-order valence-electron chi connectivity index (χ4n) is 3.02. The second kappa shape index (κ2) is 7.00. The lowest BCUT2D eigenvalue weighted by Crippen LogP contribution is -2.32. The summed E-state index contributed by atoms with van der Waals surface area (Å²) >= 11 is 0. The average Bonchev–Trinajstić information content (AvgIpc) is 3.03. The molecular formula is C21H25N3. The molecule has 0 aliphatic carbocycles. The Hall–Kier alpha value is -2.42. The molecule has 0 saturated heterocycles. The normalized spacial score (nSPS) is 11.4. The molecule has 0 amide bonds. The Labute approximate surface area is 144 Å². The van der Waals surface area contributed by atoms with Gasteiger partial charge in [0.2, 0.25) is 6.33 Å². The van der Waals surface area contributed by atoms with Crippen molar-refractivity contribution < 1.29 is 4.57 Å². The van der Waals surface area contributed by atoms with E-state index in [-0.39, 0.29) is 0 Å². The molecule has 3 aromatic rings. The first-order chi connectivity index (χ1) is 11.6. The molecule has 3 rings (SSSR count). The second-order valence-corrected chi connectivity index (χ2v) is 6.81. The molecule has 0 atom stereocenters. The number of aromatic nitrogens is 3.